The molecule has 0 radical (unpaired) electrons. The number of anilines is 2. The van der Waals surface area contributed by atoms with Gasteiger partial charge in [0.05, 0.1) is 36.4 Å². The van der Waals surface area contributed by atoms with Crippen LogP contribution in [0, 0.1) is 17.8 Å². The highest BCUT2D eigenvalue weighted by Crippen LogP contribution is 2.64. The topological polar surface area (TPSA) is 110 Å². The molecule has 1 unspecified atom stereocenters. The van der Waals surface area contributed by atoms with Crippen molar-refractivity contribution in [2.24, 2.45) is 17.8 Å². The van der Waals surface area contributed by atoms with Crippen LogP contribution in [0.25, 0.3) is 10.9 Å². The molecule has 2 aromatic carbocycles. The van der Waals surface area contributed by atoms with Crippen molar-refractivity contribution in [3.05, 3.63) is 53.2 Å². The lowest BCUT2D eigenvalue weighted by molar-refractivity contribution is -0.115. The summed E-state index contributed by atoms with van der Waals surface area (Å²) in [7, 11) is 0. The lowest BCUT2D eigenvalue weighted by Gasteiger charge is -2.46. The van der Waals surface area contributed by atoms with E-state index in [1.165, 1.54) is 0 Å². The Morgan fingerprint density at radius 1 is 1.03 bits per heavy atom. The molecular formula is C23H22N4O3. The van der Waals surface area contributed by atoms with Crippen LogP contribution in [0.2, 0.25) is 0 Å². The van der Waals surface area contributed by atoms with Crippen molar-refractivity contribution < 1.29 is 15.0 Å². The number of benzene rings is 2. The molecule has 3 heterocycles. The number of rotatable bonds is 1. The third kappa shape index (κ3) is 2.01. The molecule has 7 heteroatoms. The molecule has 7 atom stereocenters. The maximum absolute atomic E-state index is 12.1. The van der Waals surface area contributed by atoms with Gasteiger partial charge in [-0.05, 0) is 71.0 Å². The lowest BCUT2D eigenvalue weighted by Crippen LogP contribution is -2.46. The predicted molar refractivity (Wildman–Crippen MR) is 111 cm³/mol. The first-order valence-corrected chi connectivity index (χ1v) is 10.6. The summed E-state index contributed by atoms with van der Waals surface area (Å²) in [6.07, 6.45) is 1.62. The number of hydrogen-bond donors (Lipinski definition) is 5. The van der Waals surface area contributed by atoms with Crippen molar-refractivity contribution in [1.29, 1.82) is 0 Å². The second-order valence-corrected chi connectivity index (χ2v) is 9.26. The smallest absolute Gasteiger partial charge is 0.228 e. The zero-order valence-corrected chi connectivity index (χ0v) is 16.2. The minimum Gasteiger partial charge on any atom is -0.390 e. The second kappa shape index (κ2) is 5.62. The van der Waals surface area contributed by atoms with Gasteiger partial charge < -0.3 is 20.8 Å². The third-order valence-electron chi connectivity index (χ3n) is 7.96. The summed E-state index contributed by atoms with van der Waals surface area (Å²) in [5.74, 6) is 0.343. The van der Waals surface area contributed by atoms with Crippen LogP contribution in [-0.4, -0.2) is 38.5 Å². The Bertz CT molecular complexity index is 1220. The zero-order chi connectivity index (χ0) is 20.1. The van der Waals surface area contributed by atoms with Crippen LogP contribution in [0.15, 0.2) is 36.5 Å². The average Bonchev–Trinajstić information content (AvgIpc) is 3.50. The molecule has 0 spiro atoms. The molecule has 4 aliphatic rings. The van der Waals surface area contributed by atoms with Crippen molar-refractivity contribution in [2.75, 3.05) is 10.6 Å². The summed E-state index contributed by atoms with van der Waals surface area (Å²) in [4.78, 5) is 12.1. The number of hydrogen-bond acceptors (Lipinski definition) is 5. The number of aliphatic hydroxyl groups excluding tert-OH is 2. The van der Waals surface area contributed by atoms with Crippen LogP contribution in [0.4, 0.5) is 11.4 Å². The van der Waals surface area contributed by atoms with E-state index in [0.29, 0.717) is 6.42 Å². The van der Waals surface area contributed by atoms with Crippen LogP contribution < -0.4 is 10.6 Å². The van der Waals surface area contributed by atoms with Gasteiger partial charge in [-0.2, -0.15) is 5.10 Å². The summed E-state index contributed by atoms with van der Waals surface area (Å²) in [6.45, 7) is 0. The Kier molecular flexibility index (Phi) is 3.16. The Balaban J connectivity index is 1.42. The molecule has 0 saturated heterocycles. The van der Waals surface area contributed by atoms with E-state index < -0.39 is 12.2 Å². The highest BCUT2D eigenvalue weighted by Gasteiger charge is 2.62. The van der Waals surface area contributed by atoms with E-state index in [4.69, 9.17) is 0 Å². The van der Waals surface area contributed by atoms with Gasteiger partial charge in [0.15, 0.2) is 0 Å². The maximum atomic E-state index is 12.1. The van der Waals surface area contributed by atoms with Crippen molar-refractivity contribution in [1.82, 2.24) is 10.2 Å². The largest absolute Gasteiger partial charge is 0.390 e. The van der Waals surface area contributed by atoms with E-state index in [1.807, 2.05) is 24.4 Å². The molecule has 1 aromatic heterocycles. The Labute approximate surface area is 172 Å². The fraction of sp³-hybridized carbons (Fsp3) is 0.391. The fourth-order valence-electron chi connectivity index (χ4n) is 6.81. The minimum atomic E-state index is -0.708. The van der Waals surface area contributed by atoms with Gasteiger partial charge in [0, 0.05) is 16.8 Å². The molecular weight excluding hydrogens is 380 g/mol. The molecule has 2 bridgehead atoms. The standard InChI is InChI=1S/C23H22N4O3/c28-17-7-11-15(25-17)3-4-16-18(11)19-12-6-13(23(30)22(12)29)20(19)21(26-16)9-1-2-14-10(5-9)8-24-27-14/h1-5,8,12-13,19-23,26,29-30H,6-7H2,(H,24,27)(H,25,28)/t12-,13?,19-,20-,21+,22-,23+/m1/s1. The minimum absolute atomic E-state index is 0.0122. The van der Waals surface area contributed by atoms with E-state index >= 15 is 0 Å². The number of aliphatic hydroxyl groups is 2. The first-order chi connectivity index (χ1) is 14.6. The first-order valence-electron chi connectivity index (χ1n) is 10.6. The molecule has 7 rings (SSSR count). The van der Waals surface area contributed by atoms with E-state index in [1.54, 1.807) is 0 Å². The number of carbonyl (C=O) groups is 1. The van der Waals surface area contributed by atoms with E-state index in [2.05, 4.69) is 33.0 Å². The molecule has 2 aliphatic carbocycles. The van der Waals surface area contributed by atoms with Crippen molar-refractivity contribution in [3.63, 3.8) is 0 Å². The Hall–Kier alpha value is -2.90. The molecule has 2 aliphatic heterocycles. The van der Waals surface area contributed by atoms with Crippen molar-refractivity contribution in [3.8, 4) is 0 Å². The fourth-order valence-corrected chi connectivity index (χ4v) is 6.81. The summed E-state index contributed by atoms with van der Waals surface area (Å²) in [5, 5.41) is 36.4. The number of fused-ring (bicyclic) bond motifs is 10. The van der Waals surface area contributed by atoms with E-state index in [0.717, 1.165) is 45.4 Å². The number of carbonyl (C=O) groups excluding carboxylic acids is 1. The number of nitrogens with zero attached hydrogens (tertiary/aromatic N) is 1. The number of nitrogens with one attached hydrogen (secondary N) is 3. The van der Waals surface area contributed by atoms with Gasteiger partial charge in [-0.1, -0.05) is 6.07 Å². The number of amides is 1. The predicted octanol–water partition coefficient (Wildman–Crippen LogP) is 2.30. The highest BCUT2D eigenvalue weighted by molar-refractivity contribution is 6.00. The molecule has 7 nitrogen and oxygen atoms in total. The maximum Gasteiger partial charge on any atom is 0.228 e. The molecule has 1 amide bonds. The van der Waals surface area contributed by atoms with Crippen molar-refractivity contribution in [2.45, 2.75) is 37.0 Å². The van der Waals surface area contributed by atoms with E-state index in [-0.39, 0.29) is 35.6 Å². The van der Waals surface area contributed by atoms with Crippen LogP contribution in [0.1, 0.15) is 35.1 Å². The van der Waals surface area contributed by atoms with Gasteiger partial charge in [0.25, 0.3) is 0 Å². The summed E-state index contributed by atoms with van der Waals surface area (Å²) in [6, 6.07) is 10.4. The molecule has 30 heavy (non-hydrogen) atoms. The van der Waals surface area contributed by atoms with Gasteiger partial charge in [0.1, 0.15) is 0 Å². The summed E-state index contributed by atoms with van der Waals surface area (Å²) < 4.78 is 0. The number of aromatic nitrogens is 2. The highest BCUT2D eigenvalue weighted by atomic mass is 16.3. The number of H-pyrrole nitrogens is 1. The van der Waals surface area contributed by atoms with Crippen LogP contribution in [-0.2, 0) is 11.2 Å². The van der Waals surface area contributed by atoms with Gasteiger partial charge in [-0.15, -0.1) is 0 Å². The lowest BCUT2D eigenvalue weighted by atomic mass is 9.65. The van der Waals surface area contributed by atoms with Crippen LogP contribution >= 0.6 is 0 Å². The van der Waals surface area contributed by atoms with Gasteiger partial charge in [-0.3, -0.25) is 9.89 Å². The molecule has 152 valence electrons. The van der Waals surface area contributed by atoms with Crippen LogP contribution in [0.3, 0.4) is 0 Å². The average molecular weight is 402 g/mol. The van der Waals surface area contributed by atoms with Gasteiger partial charge in [0.2, 0.25) is 5.91 Å². The molecule has 3 aromatic rings. The molecule has 5 N–H and O–H groups in total. The third-order valence-corrected chi connectivity index (χ3v) is 7.96. The number of aromatic amines is 1. The normalized spacial score (nSPS) is 35.7. The first kappa shape index (κ1) is 16.8. The van der Waals surface area contributed by atoms with Gasteiger partial charge in [-0.25, -0.2) is 0 Å². The SMILES string of the molecule is O=C1Cc2c(ccc3c2[C@H]2[C@H]4CC([C@H]2[C@H](c2ccc5[nH]ncc5c2)N3)[C@H](O)[C@@H]4O)N1. The van der Waals surface area contributed by atoms with Gasteiger partial charge >= 0.3 is 0 Å². The molecule has 2 fully saturated rings. The van der Waals surface area contributed by atoms with Crippen LogP contribution in [0.5, 0.6) is 0 Å². The Morgan fingerprint density at radius 2 is 1.87 bits per heavy atom. The zero-order valence-electron chi connectivity index (χ0n) is 16.2. The quantitative estimate of drug-likeness (QED) is 0.429. The molecule has 2 saturated carbocycles. The van der Waals surface area contributed by atoms with E-state index in [9.17, 15) is 15.0 Å². The summed E-state index contributed by atoms with van der Waals surface area (Å²) >= 11 is 0. The monoisotopic (exact) mass is 402 g/mol. The summed E-state index contributed by atoms with van der Waals surface area (Å²) in [5.41, 5.74) is 6.30. The second-order valence-electron chi connectivity index (χ2n) is 9.26. The Morgan fingerprint density at radius 3 is 2.77 bits per heavy atom. The van der Waals surface area contributed by atoms with Crippen molar-refractivity contribution >= 4 is 28.2 Å².